The molecule has 0 aliphatic carbocycles. The van der Waals surface area contributed by atoms with Crippen LogP contribution in [0.15, 0.2) is 24.3 Å². The van der Waals surface area contributed by atoms with Crippen LogP contribution in [0.1, 0.15) is 29.3 Å². The fourth-order valence-electron chi connectivity index (χ4n) is 1.07. The maximum absolute atomic E-state index is 11.5. The van der Waals surface area contributed by atoms with Crippen molar-refractivity contribution >= 4 is 5.97 Å². The molecule has 76 valence electrons. The topological polar surface area (TPSA) is 46.5 Å². The lowest BCUT2D eigenvalue weighted by Gasteiger charge is -2.10. The third-order valence-corrected chi connectivity index (χ3v) is 1.96. The van der Waals surface area contributed by atoms with E-state index in [0.717, 1.165) is 5.56 Å². The molecular weight excluding hydrogens is 180 g/mol. The number of aliphatic hydroxyl groups excluding tert-OH is 1. The smallest absolute Gasteiger partial charge is 0.340 e. The second kappa shape index (κ2) is 4.77. The SMILES string of the molecule is CCC(O)OC(=O)c1ccccc1C. The Hall–Kier alpha value is -1.35. The van der Waals surface area contributed by atoms with Gasteiger partial charge in [0.2, 0.25) is 6.29 Å². The summed E-state index contributed by atoms with van der Waals surface area (Å²) in [6.45, 7) is 3.57. The third-order valence-electron chi connectivity index (χ3n) is 1.96. The van der Waals surface area contributed by atoms with Crippen LogP contribution < -0.4 is 0 Å². The molecule has 1 N–H and O–H groups in total. The number of rotatable bonds is 3. The molecule has 0 fully saturated rings. The molecule has 3 heteroatoms. The van der Waals surface area contributed by atoms with Crippen molar-refractivity contribution in [2.75, 3.05) is 0 Å². The van der Waals surface area contributed by atoms with E-state index in [1.807, 2.05) is 19.1 Å². The highest BCUT2D eigenvalue weighted by molar-refractivity contribution is 5.90. The van der Waals surface area contributed by atoms with Crippen LogP contribution in [0.3, 0.4) is 0 Å². The highest BCUT2D eigenvalue weighted by atomic mass is 16.6. The highest BCUT2D eigenvalue weighted by Gasteiger charge is 2.12. The van der Waals surface area contributed by atoms with Gasteiger partial charge in [0.05, 0.1) is 5.56 Å². The van der Waals surface area contributed by atoms with E-state index in [4.69, 9.17) is 9.84 Å². The molecule has 0 aromatic heterocycles. The molecule has 0 aliphatic rings. The van der Waals surface area contributed by atoms with Crippen molar-refractivity contribution in [3.8, 4) is 0 Å². The van der Waals surface area contributed by atoms with E-state index in [1.54, 1.807) is 19.1 Å². The zero-order chi connectivity index (χ0) is 10.6. The number of hydrogen-bond acceptors (Lipinski definition) is 3. The van der Waals surface area contributed by atoms with E-state index in [1.165, 1.54) is 0 Å². The summed E-state index contributed by atoms with van der Waals surface area (Å²) in [7, 11) is 0. The monoisotopic (exact) mass is 194 g/mol. The Balaban J connectivity index is 2.75. The molecule has 1 unspecified atom stereocenters. The van der Waals surface area contributed by atoms with Gasteiger partial charge in [0.15, 0.2) is 0 Å². The Kier molecular flexibility index (Phi) is 3.65. The van der Waals surface area contributed by atoms with Crippen molar-refractivity contribution in [2.24, 2.45) is 0 Å². The molecule has 14 heavy (non-hydrogen) atoms. The zero-order valence-electron chi connectivity index (χ0n) is 8.36. The first-order chi connectivity index (χ1) is 6.65. The summed E-state index contributed by atoms with van der Waals surface area (Å²) in [5.74, 6) is -0.475. The summed E-state index contributed by atoms with van der Waals surface area (Å²) < 4.78 is 4.78. The number of carbonyl (C=O) groups is 1. The Labute approximate surface area is 83.3 Å². The molecule has 0 bridgehead atoms. The zero-order valence-corrected chi connectivity index (χ0v) is 8.36. The number of aryl methyl sites for hydroxylation is 1. The Morgan fingerprint density at radius 2 is 2.14 bits per heavy atom. The fourth-order valence-corrected chi connectivity index (χ4v) is 1.07. The maximum Gasteiger partial charge on any atom is 0.340 e. The van der Waals surface area contributed by atoms with Gasteiger partial charge >= 0.3 is 5.97 Å². The number of carbonyl (C=O) groups excluding carboxylic acids is 1. The van der Waals surface area contributed by atoms with Crippen LogP contribution in [0.4, 0.5) is 0 Å². The van der Waals surface area contributed by atoms with Crippen molar-refractivity contribution in [3.63, 3.8) is 0 Å². The molecule has 0 heterocycles. The summed E-state index contributed by atoms with van der Waals surface area (Å²) in [5, 5.41) is 9.14. The van der Waals surface area contributed by atoms with Crippen molar-refractivity contribution in [3.05, 3.63) is 35.4 Å². The van der Waals surface area contributed by atoms with Gasteiger partial charge in [-0.1, -0.05) is 25.1 Å². The molecule has 0 radical (unpaired) electrons. The van der Waals surface area contributed by atoms with Crippen molar-refractivity contribution in [1.82, 2.24) is 0 Å². The van der Waals surface area contributed by atoms with Crippen LogP contribution in [0, 0.1) is 6.92 Å². The van der Waals surface area contributed by atoms with Gasteiger partial charge in [-0.05, 0) is 18.6 Å². The van der Waals surface area contributed by atoms with Crippen molar-refractivity contribution < 1.29 is 14.6 Å². The molecule has 0 amide bonds. The summed E-state index contributed by atoms with van der Waals surface area (Å²) >= 11 is 0. The molecule has 0 saturated heterocycles. The van der Waals surface area contributed by atoms with E-state index < -0.39 is 12.3 Å². The first-order valence-electron chi connectivity index (χ1n) is 4.59. The summed E-state index contributed by atoms with van der Waals surface area (Å²) in [6.07, 6.45) is -0.612. The van der Waals surface area contributed by atoms with Crippen molar-refractivity contribution in [2.45, 2.75) is 26.6 Å². The van der Waals surface area contributed by atoms with Crippen LogP contribution in [0.25, 0.3) is 0 Å². The van der Waals surface area contributed by atoms with Gasteiger partial charge in [-0.15, -0.1) is 0 Å². The minimum atomic E-state index is -1.01. The lowest BCUT2D eigenvalue weighted by Crippen LogP contribution is -2.17. The number of hydrogen-bond donors (Lipinski definition) is 1. The average molecular weight is 194 g/mol. The van der Waals surface area contributed by atoms with E-state index in [0.29, 0.717) is 12.0 Å². The first-order valence-corrected chi connectivity index (χ1v) is 4.59. The molecule has 1 aromatic rings. The second-order valence-corrected chi connectivity index (χ2v) is 3.08. The molecule has 1 aromatic carbocycles. The highest BCUT2D eigenvalue weighted by Crippen LogP contribution is 2.09. The van der Waals surface area contributed by atoms with Crippen LogP contribution in [0.5, 0.6) is 0 Å². The first kappa shape index (κ1) is 10.7. The number of ether oxygens (including phenoxy) is 1. The number of benzene rings is 1. The molecular formula is C11H14O3. The standard InChI is InChI=1S/C11H14O3/c1-3-10(12)14-11(13)9-7-5-4-6-8(9)2/h4-7,10,12H,3H2,1-2H3. The summed E-state index contributed by atoms with van der Waals surface area (Å²) in [4.78, 5) is 11.5. The predicted molar refractivity (Wildman–Crippen MR) is 52.9 cm³/mol. The van der Waals surface area contributed by atoms with Gasteiger partial charge in [0, 0.05) is 6.42 Å². The fraction of sp³-hybridized carbons (Fsp3) is 0.364. The predicted octanol–water partition coefficient (Wildman–Crippen LogP) is 1.88. The van der Waals surface area contributed by atoms with Crippen LogP contribution in [-0.2, 0) is 4.74 Å². The third kappa shape index (κ3) is 2.57. The second-order valence-electron chi connectivity index (χ2n) is 3.08. The lowest BCUT2D eigenvalue weighted by atomic mass is 10.1. The maximum atomic E-state index is 11.5. The molecule has 1 rings (SSSR count). The van der Waals surface area contributed by atoms with Crippen molar-refractivity contribution in [1.29, 1.82) is 0 Å². The van der Waals surface area contributed by atoms with E-state index in [9.17, 15) is 4.79 Å². The normalized spacial score (nSPS) is 12.2. The van der Waals surface area contributed by atoms with Crippen LogP contribution >= 0.6 is 0 Å². The van der Waals surface area contributed by atoms with Gasteiger partial charge in [0.25, 0.3) is 0 Å². The molecule has 0 aliphatic heterocycles. The lowest BCUT2D eigenvalue weighted by molar-refractivity contribution is -0.0657. The average Bonchev–Trinajstić information content (AvgIpc) is 2.18. The largest absolute Gasteiger partial charge is 0.432 e. The quantitative estimate of drug-likeness (QED) is 0.590. The Morgan fingerprint density at radius 1 is 1.50 bits per heavy atom. The van der Waals surface area contributed by atoms with Gasteiger partial charge in [0.1, 0.15) is 0 Å². The van der Waals surface area contributed by atoms with Crippen LogP contribution in [-0.4, -0.2) is 17.4 Å². The Morgan fingerprint density at radius 3 is 2.71 bits per heavy atom. The number of esters is 1. The van der Waals surface area contributed by atoms with Gasteiger partial charge in [-0.3, -0.25) is 0 Å². The minimum absolute atomic E-state index is 0.400. The summed E-state index contributed by atoms with van der Waals surface area (Å²) in [6, 6.07) is 7.12. The number of aliphatic hydroxyl groups is 1. The van der Waals surface area contributed by atoms with Gasteiger partial charge in [-0.2, -0.15) is 0 Å². The van der Waals surface area contributed by atoms with Gasteiger partial charge < -0.3 is 9.84 Å². The molecule has 3 nitrogen and oxygen atoms in total. The molecule has 0 saturated carbocycles. The molecule has 0 spiro atoms. The van der Waals surface area contributed by atoms with E-state index in [2.05, 4.69) is 0 Å². The molecule has 1 atom stereocenters. The summed E-state index contributed by atoms with van der Waals surface area (Å²) in [5.41, 5.74) is 1.35. The minimum Gasteiger partial charge on any atom is -0.432 e. The van der Waals surface area contributed by atoms with E-state index >= 15 is 0 Å². The Bertz CT molecular complexity index is 320. The van der Waals surface area contributed by atoms with Crippen LogP contribution in [0.2, 0.25) is 0 Å². The van der Waals surface area contributed by atoms with Gasteiger partial charge in [-0.25, -0.2) is 4.79 Å². The van der Waals surface area contributed by atoms with E-state index in [-0.39, 0.29) is 0 Å².